The summed E-state index contributed by atoms with van der Waals surface area (Å²) in [7, 11) is 0. The number of aromatic carboxylic acids is 1. The molecule has 0 spiro atoms. The summed E-state index contributed by atoms with van der Waals surface area (Å²) in [5, 5.41) is 13.4. The number of aromatic nitrogens is 4. The van der Waals surface area contributed by atoms with E-state index < -0.39 is 5.97 Å². The summed E-state index contributed by atoms with van der Waals surface area (Å²) in [4.78, 5) is 38.6. The van der Waals surface area contributed by atoms with Crippen LogP contribution in [-0.2, 0) is 24.3 Å². The molecule has 4 heterocycles. The van der Waals surface area contributed by atoms with Gasteiger partial charge in [0.05, 0.1) is 23.3 Å². The maximum absolute atomic E-state index is 13.2. The van der Waals surface area contributed by atoms with Gasteiger partial charge in [0.1, 0.15) is 0 Å². The molecule has 3 aromatic heterocycles. The van der Waals surface area contributed by atoms with E-state index in [9.17, 15) is 14.7 Å². The average Bonchev–Trinajstić information content (AvgIpc) is 3.30. The third-order valence-corrected chi connectivity index (χ3v) is 5.01. The summed E-state index contributed by atoms with van der Waals surface area (Å²) >= 11 is 0. The molecule has 0 saturated carbocycles. The van der Waals surface area contributed by atoms with E-state index in [-0.39, 0.29) is 23.9 Å². The van der Waals surface area contributed by atoms with Crippen LogP contribution in [-0.4, -0.2) is 42.0 Å². The zero-order valence-corrected chi connectivity index (χ0v) is 16.0. The molecule has 1 aliphatic heterocycles. The lowest BCUT2D eigenvalue weighted by molar-refractivity contribution is 0.0696. The quantitative estimate of drug-likeness (QED) is 0.656. The van der Waals surface area contributed by atoms with Gasteiger partial charge in [-0.1, -0.05) is 18.1 Å². The van der Waals surface area contributed by atoms with Crippen molar-refractivity contribution < 1.29 is 14.7 Å². The van der Waals surface area contributed by atoms with E-state index in [2.05, 4.69) is 15.1 Å². The Hall–Kier alpha value is -3.49. The minimum absolute atomic E-state index is 0.0333. The van der Waals surface area contributed by atoms with Gasteiger partial charge in [0.2, 0.25) is 0 Å². The van der Waals surface area contributed by atoms with Crippen molar-refractivity contribution in [1.29, 1.82) is 0 Å². The van der Waals surface area contributed by atoms with Gasteiger partial charge in [-0.25, -0.2) is 14.6 Å². The Balaban J connectivity index is 1.70. The van der Waals surface area contributed by atoms with Crippen LogP contribution in [0, 0.1) is 0 Å². The molecule has 0 aliphatic carbocycles. The first-order valence-electron chi connectivity index (χ1n) is 9.50. The van der Waals surface area contributed by atoms with Crippen molar-refractivity contribution >= 4 is 22.8 Å². The van der Waals surface area contributed by atoms with Crippen LogP contribution >= 0.6 is 0 Å². The second-order valence-corrected chi connectivity index (χ2v) is 6.93. The predicted octanol–water partition coefficient (Wildman–Crippen LogP) is 2.09. The zero-order valence-electron chi connectivity index (χ0n) is 16.0. The second-order valence-electron chi connectivity index (χ2n) is 6.93. The Morgan fingerprint density at radius 3 is 2.86 bits per heavy atom. The summed E-state index contributed by atoms with van der Waals surface area (Å²) in [6.07, 6.45) is 4.73. The van der Waals surface area contributed by atoms with E-state index in [1.807, 2.05) is 25.1 Å². The van der Waals surface area contributed by atoms with E-state index in [0.717, 1.165) is 17.8 Å². The van der Waals surface area contributed by atoms with Crippen molar-refractivity contribution in [2.24, 2.45) is 5.16 Å². The number of hydrogen-bond donors (Lipinski definition) is 1. The molecule has 150 valence electrons. The number of aryl methyl sites for hydroxylation is 2. The number of oxime groups is 1. The first kappa shape index (κ1) is 18.9. The molecular formula is C20H21N5O4. The van der Waals surface area contributed by atoms with E-state index >= 15 is 0 Å². The molecule has 29 heavy (non-hydrogen) atoms. The molecule has 0 aromatic carbocycles. The summed E-state index contributed by atoms with van der Waals surface area (Å²) in [6.45, 7) is 2.67. The molecule has 9 nitrogen and oxygen atoms in total. The van der Waals surface area contributed by atoms with Crippen molar-refractivity contribution in [1.82, 2.24) is 19.1 Å². The van der Waals surface area contributed by atoms with Crippen LogP contribution in [0.4, 0.5) is 0 Å². The van der Waals surface area contributed by atoms with Gasteiger partial charge in [0, 0.05) is 37.5 Å². The van der Waals surface area contributed by atoms with Crippen LogP contribution in [0.3, 0.4) is 0 Å². The number of nitrogens with zero attached hydrogens (tertiary/aromatic N) is 5. The Morgan fingerprint density at radius 1 is 1.31 bits per heavy atom. The Bertz CT molecular complexity index is 1130. The molecular weight excluding hydrogens is 374 g/mol. The molecule has 1 atom stereocenters. The van der Waals surface area contributed by atoms with Crippen molar-refractivity contribution in [3.05, 3.63) is 58.4 Å². The molecule has 3 aromatic rings. The third-order valence-electron chi connectivity index (χ3n) is 5.01. The Morgan fingerprint density at radius 2 is 2.17 bits per heavy atom. The maximum Gasteiger partial charge on any atom is 0.337 e. The lowest BCUT2D eigenvalue weighted by Crippen LogP contribution is -2.29. The van der Waals surface area contributed by atoms with Gasteiger partial charge in [-0.3, -0.25) is 14.1 Å². The number of imidazole rings is 1. The van der Waals surface area contributed by atoms with Gasteiger partial charge in [-0.2, -0.15) is 0 Å². The van der Waals surface area contributed by atoms with Crippen LogP contribution in [0.5, 0.6) is 0 Å². The fourth-order valence-electron chi connectivity index (χ4n) is 3.46. The van der Waals surface area contributed by atoms with Crippen LogP contribution in [0.1, 0.15) is 35.8 Å². The van der Waals surface area contributed by atoms with Crippen LogP contribution < -0.4 is 5.69 Å². The Kier molecular flexibility index (Phi) is 5.11. The molecule has 0 radical (unpaired) electrons. The highest BCUT2D eigenvalue weighted by Crippen LogP contribution is 2.18. The number of fused-ring (bicyclic) bond motifs is 1. The number of carbonyl (C=O) groups is 1. The van der Waals surface area contributed by atoms with Gasteiger partial charge >= 0.3 is 11.7 Å². The predicted molar refractivity (Wildman–Crippen MR) is 106 cm³/mol. The maximum atomic E-state index is 13.2. The number of rotatable bonds is 7. The molecule has 0 bridgehead atoms. The van der Waals surface area contributed by atoms with Crippen LogP contribution in [0.15, 0.2) is 46.6 Å². The molecule has 0 amide bonds. The summed E-state index contributed by atoms with van der Waals surface area (Å²) in [5.41, 5.74) is 2.52. The number of pyridine rings is 2. The van der Waals surface area contributed by atoms with E-state index in [1.54, 1.807) is 10.8 Å². The molecule has 0 fully saturated rings. The minimum atomic E-state index is -1.09. The van der Waals surface area contributed by atoms with Crippen molar-refractivity contribution in [2.45, 2.75) is 45.4 Å². The monoisotopic (exact) mass is 395 g/mol. The molecule has 4 rings (SSSR count). The second kappa shape index (κ2) is 7.86. The summed E-state index contributed by atoms with van der Waals surface area (Å²) in [5.74, 6) is -1.09. The molecule has 0 unspecified atom stereocenters. The first-order valence-corrected chi connectivity index (χ1v) is 9.50. The summed E-state index contributed by atoms with van der Waals surface area (Å²) < 4.78 is 3.10. The normalized spacial score (nSPS) is 16.0. The molecule has 9 heteroatoms. The highest BCUT2D eigenvalue weighted by Gasteiger charge is 2.24. The lowest BCUT2D eigenvalue weighted by Gasteiger charge is -2.09. The van der Waals surface area contributed by atoms with Gasteiger partial charge < -0.3 is 9.94 Å². The van der Waals surface area contributed by atoms with Gasteiger partial charge in [-0.05, 0) is 24.6 Å². The Labute approximate surface area is 166 Å². The number of carboxylic acid groups (broad SMARTS) is 1. The van der Waals surface area contributed by atoms with Crippen molar-refractivity contribution in [3.63, 3.8) is 0 Å². The SMILES string of the molecule is CCC1=NO[C@@H](Cn2c(=O)n(CCc3ccccn3)c3ncc(C(=O)O)cc32)C1. The van der Waals surface area contributed by atoms with E-state index in [1.165, 1.54) is 16.8 Å². The van der Waals surface area contributed by atoms with E-state index in [4.69, 9.17) is 4.84 Å². The standard InChI is InChI=1S/C20H21N5O4/c1-2-14-10-16(29-23-14)12-25-17-9-13(19(26)27)11-22-18(17)24(20(25)28)8-6-15-5-3-4-7-21-15/h3-5,7,9,11,16H,2,6,8,10,12H2,1H3,(H,26,27)/t16-/m1/s1. The smallest absolute Gasteiger partial charge is 0.337 e. The topological polar surface area (TPSA) is 112 Å². The van der Waals surface area contributed by atoms with Gasteiger partial charge in [0.15, 0.2) is 11.8 Å². The largest absolute Gasteiger partial charge is 0.478 e. The van der Waals surface area contributed by atoms with Gasteiger partial charge in [-0.15, -0.1) is 0 Å². The average molecular weight is 395 g/mol. The summed E-state index contributed by atoms with van der Waals surface area (Å²) in [6, 6.07) is 7.12. The van der Waals surface area contributed by atoms with Crippen LogP contribution in [0.2, 0.25) is 0 Å². The lowest BCUT2D eigenvalue weighted by atomic mass is 10.1. The highest BCUT2D eigenvalue weighted by molar-refractivity contribution is 5.91. The highest BCUT2D eigenvalue weighted by atomic mass is 16.6. The number of hydrogen-bond acceptors (Lipinski definition) is 6. The third kappa shape index (κ3) is 3.75. The van der Waals surface area contributed by atoms with Crippen LogP contribution in [0.25, 0.3) is 11.2 Å². The van der Waals surface area contributed by atoms with Crippen molar-refractivity contribution in [3.8, 4) is 0 Å². The fourth-order valence-corrected chi connectivity index (χ4v) is 3.46. The minimum Gasteiger partial charge on any atom is -0.478 e. The van der Waals surface area contributed by atoms with Gasteiger partial charge in [0.25, 0.3) is 0 Å². The van der Waals surface area contributed by atoms with E-state index in [0.29, 0.717) is 30.6 Å². The first-order chi connectivity index (χ1) is 14.1. The molecule has 1 aliphatic rings. The zero-order chi connectivity index (χ0) is 20.4. The van der Waals surface area contributed by atoms with Crippen molar-refractivity contribution in [2.75, 3.05) is 0 Å². The molecule has 0 saturated heterocycles. The fraction of sp³-hybridized carbons (Fsp3) is 0.350. The molecule has 1 N–H and O–H groups in total. The number of carboxylic acids is 1.